The number of unbranched alkanes of at least 4 members (excludes halogenated alkanes) is 2. The van der Waals surface area contributed by atoms with Gasteiger partial charge in [0.15, 0.2) is 0 Å². The maximum Gasteiger partial charge on any atom is 0.242 e. The highest BCUT2D eigenvalue weighted by Crippen LogP contribution is 2.23. The van der Waals surface area contributed by atoms with Gasteiger partial charge in [-0.15, -0.1) is 0 Å². The molecule has 0 radical (unpaired) electrons. The molecule has 0 aliphatic rings. The lowest BCUT2D eigenvalue weighted by Crippen LogP contribution is -2.32. The SMILES string of the molecule is CNC(=O)CCCCC[C@H](NC(=O)Cn1cncn1)c1ncc(-c2ccc(-n3cccn3)cc2)[nH]1. The van der Waals surface area contributed by atoms with Crippen molar-refractivity contribution in [3.63, 3.8) is 0 Å². The Balaban J connectivity index is 1.42. The molecule has 0 aliphatic heterocycles. The molecule has 4 aromatic rings. The van der Waals surface area contributed by atoms with Crippen LogP contribution in [0.4, 0.5) is 0 Å². The number of imidazole rings is 1. The molecule has 3 heterocycles. The summed E-state index contributed by atoms with van der Waals surface area (Å²) in [5.41, 5.74) is 2.81. The number of nitrogens with zero attached hydrogens (tertiary/aromatic N) is 6. The van der Waals surface area contributed by atoms with Crippen LogP contribution in [-0.2, 0) is 16.1 Å². The topological polar surface area (TPSA) is 135 Å². The average Bonchev–Trinajstić information content (AvgIpc) is 3.66. The quantitative estimate of drug-likeness (QED) is 0.269. The number of carbonyl (C=O) groups is 2. The molecular weight excluding hydrogens is 446 g/mol. The Morgan fingerprint density at radius 3 is 2.66 bits per heavy atom. The number of hydrogen-bond donors (Lipinski definition) is 3. The van der Waals surface area contributed by atoms with Gasteiger partial charge in [0.05, 0.1) is 23.6 Å². The van der Waals surface area contributed by atoms with Gasteiger partial charge in [0.2, 0.25) is 11.8 Å². The number of amides is 2. The van der Waals surface area contributed by atoms with E-state index in [1.165, 1.54) is 17.3 Å². The van der Waals surface area contributed by atoms with Crippen LogP contribution >= 0.6 is 0 Å². The minimum atomic E-state index is -0.289. The van der Waals surface area contributed by atoms with Crippen molar-refractivity contribution in [3.8, 4) is 16.9 Å². The second-order valence-corrected chi connectivity index (χ2v) is 8.17. The van der Waals surface area contributed by atoms with E-state index in [2.05, 4.69) is 35.8 Å². The van der Waals surface area contributed by atoms with E-state index in [9.17, 15) is 9.59 Å². The third-order valence-electron chi connectivity index (χ3n) is 5.66. The Hall–Kier alpha value is -4.28. The van der Waals surface area contributed by atoms with Gasteiger partial charge in [-0.2, -0.15) is 10.2 Å². The molecule has 11 heteroatoms. The van der Waals surface area contributed by atoms with Gasteiger partial charge in [-0.25, -0.2) is 19.3 Å². The molecular formula is C24H29N9O2. The molecule has 3 aromatic heterocycles. The van der Waals surface area contributed by atoms with Crippen molar-refractivity contribution < 1.29 is 9.59 Å². The Morgan fingerprint density at radius 2 is 1.94 bits per heavy atom. The average molecular weight is 476 g/mol. The molecule has 0 saturated heterocycles. The summed E-state index contributed by atoms with van der Waals surface area (Å²) in [5.74, 6) is 0.554. The van der Waals surface area contributed by atoms with E-state index in [0.717, 1.165) is 36.2 Å². The lowest BCUT2D eigenvalue weighted by atomic mass is 10.1. The highest BCUT2D eigenvalue weighted by molar-refractivity contribution is 5.76. The molecule has 0 unspecified atom stereocenters. The fourth-order valence-electron chi connectivity index (χ4n) is 3.79. The summed E-state index contributed by atoms with van der Waals surface area (Å²) >= 11 is 0. The predicted octanol–water partition coefficient (Wildman–Crippen LogP) is 2.41. The van der Waals surface area contributed by atoms with Gasteiger partial charge in [0, 0.05) is 25.9 Å². The van der Waals surface area contributed by atoms with Crippen LogP contribution in [0, 0.1) is 0 Å². The number of benzene rings is 1. The fourth-order valence-corrected chi connectivity index (χ4v) is 3.79. The Morgan fingerprint density at radius 1 is 1.09 bits per heavy atom. The Bertz CT molecular complexity index is 1200. The van der Waals surface area contributed by atoms with E-state index in [1.807, 2.05) is 36.5 Å². The zero-order valence-corrected chi connectivity index (χ0v) is 19.6. The predicted molar refractivity (Wildman–Crippen MR) is 129 cm³/mol. The molecule has 3 N–H and O–H groups in total. The molecule has 35 heavy (non-hydrogen) atoms. The summed E-state index contributed by atoms with van der Waals surface area (Å²) in [6.45, 7) is 0.0790. The van der Waals surface area contributed by atoms with Crippen molar-refractivity contribution in [1.29, 1.82) is 0 Å². The van der Waals surface area contributed by atoms with Crippen molar-refractivity contribution in [2.24, 2.45) is 0 Å². The second kappa shape index (κ2) is 11.7. The van der Waals surface area contributed by atoms with E-state index < -0.39 is 0 Å². The van der Waals surface area contributed by atoms with E-state index in [4.69, 9.17) is 0 Å². The Labute approximate surface area is 203 Å². The first-order valence-electron chi connectivity index (χ1n) is 11.6. The summed E-state index contributed by atoms with van der Waals surface area (Å²) in [6, 6.07) is 9.59. The third-order valence-corrected chi connectivity index (χ3v) is 5.66. The number of carbonyl (C=O) groups excluding carboxylic acids is 2. The minimum Gasteiger partial charge on any atom is -0.359 e. The second-order valence-electron chi connectivity index (χ2n) is 8.17. The van der Waals surface area contributed by atoms with Gasteiger partial charge in [0.25, 0.3) is 0 Å². The van der Waals surface area contributed by atoms with Gasteiger partial charge in [-0.1, -0.05) is 25.0 Å². The van der Waals surface area contributed by atoms with E-state index >= 15 is 0 Å². The number of aromatic nitrogens is 7. The molecule has 0 spiro atoms. The number of aromatic amines is 1. The van der Waals surface area contributed by atoms with E-state index in [-0.39, 0.29) is 24.4 Å². The van der Waals surface area contributed by atoms with E-state index in [1.54, 1.807) is 24.1 Å². The monoisotopic (exact) mass is 475 g/mol. The summed E-state index contributed by atoms with van der Waals surface area (Å²) in [4.78, 5) is 35.9. The Kier molecular flexibility index (Phi) is 8.00. The van der Waals surface area contributed by atoms with Crippen LogP contribution in [0.3, 0.4) is 0 Å². The van der Waals surface area contributed by atoms with Crippen molar-refractivity contribution in [2.75, 3.05) is 7.05 Å². The zero-order valence-electron chi connectivity index (χ0n) is 19.6. The van der Waals surface area contributed by atoms with Crippen LogP contribution < -0.4 is 10.6 Å². The highest BCUT2D eigenvalue weighted by atomic mass is 16.2. The van der Waals surface area contributed by atoms with Crippen LogP contribution in [0.1, 0.15) is 44.0 Å². The summed E-state index contributed by atoms with van der Waals surface area (Å²) < 4.78 is 3.28. The number of rotatable bonds is 12. The van der Waals surface area contributed by atoms with E-state index in [0.29, 0.717) is 18.7 Å². The number of H-pyrrole nitrogens is 1. The molecule has 11 nitrogen and oxygen atoms in total. The molecule has 0 bridgehead atoms. The van der Waals surface area contributed by atoms with Gasteiger partial charge in [-0.05, 0) is 36.6 Å². The third kappa shape index (κ3) is 6.62. The molecule has 0 fully saturated rings. The first-order valence-corrected chi connectivity index (χ1v) is 11.6. The lowest BCUT2D eigenvalue weighted by molar-refractivity contribution is -0.123. The molecule has 1 atom stereocenters. The molecule has 0 saturated carbocycles. The largest absolute Gasteiger partial charge is 0.359 e. The van der Waals surface area contributed by atoms with Crippen LogP contribution in [0.2, 0.25) is 0 Å². The van der Waals surface area contributed by atoms with Gasteiger partial charge in [-0.3, -0.25) is 9.59 Å². The van der Waals surface area contributed by atoms with Gasteiger partial charge < -0.3 is 15.6 Å². The molecule has 182 valence electrons. The molecule has 0 aliphatic carbocycles. The van der Waals surface area contributed by atoms with Crippen molar-refractivity contribution in [1.82, 2.24) is 45.1 Å². The summed E-state index contributed by atoms with van der Waals surface area (Å²) in [6.07, 6.45) is 12.0. The van der Waals surface area contributed by atoms with Crippen LogP contribution in [0.15, 0.2) is 61.6 Å². The number of nitrogens with one attached hydrogen (secondary N) is 3. The normalized spacial score (nSPS) is 11.8. The van der Waals surface area contributed by atoms with Gasteiger partial charge >= 0.3 is 0 Å². The maximum atomic E-state index is 12.6. The summed E-state index contributed by atoms with van der Waals surface area (Å²) in [7, 11) is 1.64. The van der Waals surface area contributed by atoms with Crippen molar-refractivity contribution >= 4 is 11.8 Å². The molecule has 1 aromatic carbocycles. The van der Waals surface area contributed by atoms with Crippen LogP contribution in [0.5, 0.6) is 0 Å². The minimum absolute atomic E-state index is 0.0388. The zero-order chi connectivity index (χ0) is 24.5. The van der Waals surface area contributed by atoms with Crippen LogP contribution in [0.25, 0.3) is 16.9 Å². The van der Waals surface area contributed by atoms with Gasteiger partial charge in [0.1, 0.15) is 25.0 Å². The summed E-state index contributed by atoms with van der Waals surface area (Å²) in [5, 5.41) is 13.9. The molecule has 4 rings (SSSR count). The molecule has 2 amide bonds. The smallest absolute Gasteiger partial charge is 0.242 e. The van der Waals surface area contributed by atoms with Crippen LogP contribution in [-0.4, -0.2) is 53.4 Å². The lowest BCUT2D eigenvalue weighted by Gasteiger charge is -2.17. The fraction of sp³-hybridized carbons (Fsp3) is 0.333. The van der Waals surface area contributed by atoms with Crippen molar-refractivity contribution in [3.05, 3.63) is 67.4 Å². The first kappa shape index (κ1) is 23.9. The maximum absolute atomic E-state index is 12.6. The van der Waals surface area contributed by atoms with Crippen molar-refractivity contribution in [2.45, 2.75) is 44.7 Å². The number of hydrogen-bond acceptors (Lipinski definition) is 6. The first-order chi connectivity index (χ1) is 17.1. The standard InChI is InChI=1S/C24H29N9O2/c1-25-22(34)7-4-2-3-6-20(30-23(35)15-32-17-26-16-29-32)24-27-14-21(31-24)18-8-10-19(11-9-18)33-13-5-12-28-33/h5,8-14,16-17,20H,2-4,6-7,15H2,1H3,(H,25,34)(H,27,31)(H,30,35)/t20-/m0/s1. The highest BCUT2D eigenvalue weighted by Gasteiger charge is 2.19.